The van der Waals surface area contributed by atoms with E-state index in [2.05, 4.69) is 20.6 Å². The van der Waals surface area contributed by atoms with E-state index in [1.54, 1.807) is 16.9 Å². The zero-order chi connectivity index (χ0) is 24.0. The van der Waals surface area contributed by atoms with Crippen molar-refractivity contribution in [1.82, 2.24) is 25.3 Å². The molecule has 0 radical (unpaired) electrons. The average molecular weight is 467 g/mol. The van der Waals surface area contributed by atoms with Crippen LogP contribution >= 0.6 is 0 Å². The Morgan fingerprint density at radius 1 is 1.18 bits per heavy atom. The van der Waals surface area contributed by atoms with E-state index in [9.17, 15) is 18.0 Å². The molecular formula is C23H33F3N6O. The molecule has 1 unspecified atom stereocenters. The van der Waals surface area contributed by atoms with Gasteiger partial charge in [0.2, 0.25) is 0 Å². The summed E-state index contributed by atoms with van der Waals surface area (Å²) >= 11 is 0. The Balaban J connectivity index is 1.31. The molecule has 2 N–H and O–H groups in total. The minimum absolute atomic E-state index is 0.119. The van der Waals surface area contributed by atoms with Crippen LogP contribution in [-0.4, -0.2) is 60.0 Å². The van der Waals surface area contributed by atoms with Crippen LogP contribution in [0.4, 0.5) is 23.7 Å². The lowest BCUT2D eigenvalue weighted by molar-refractivity contribution is -0.137. The summed E-state index contributed by atoms with van der Waals surface area (Å²) in [6.45, 7) is 8.43. The lowest BCUT2D eigenvalue weighted by Gasteiger charge is -2.36. The molecule has 1 saturated heterocycles. The number of anilines is 1. The lowest BCUT2D eigenvalue weighted by Crippen LogP contribution is -2.46. The largest absolute Gasteiger partial charge is 0.416 e. The Morgan fingerprint density at radius 2 is 1.91 bits per heavy atom. The predicted octanol–water partition coefficient (Wildman–Crippen LogP) is 3.71. The third-order valence-electron chi connectivity index (χ3n) is 6.18. The van der Waals surface area contributed by atoms with Crippen molar-refractivity contribution in [2.24, 2.45) is 7.05 Å². The normalized spacial score (nSPS) is 16.0. The van der Waals surface area contributed by atoms with Crippen LogP contribution in [0.3, 0.4) is 0 Å². The van der Waals surface area contributed by atoms with Gasteiger partial charge in [-0.3, -0.25) is 9.58 Å². The molecule has 0 aliphatic carbocycles. The van der Waals surface area contributed by atoms with Crippen LogP contribution in [0.5, 0.6) is 0 Å². The smallest absolute Gasteiger partial charge is 0.369 e. The summed E-state index contributed by atoms with van der Waals surface area (Å²) in [6.07, 6.45) is -0.742. The first-order valence-electron chi connectivity index (χ1n) is 11.3. The maximum absolute atomic E-state index is 12.9. The molecule has 7 nitrogen and oxygen atoms in total. The van der Waals surface area contributed by atoms with Crippen LogP contribution in [0.2, 0.25) is 0 Å². The number of nitrogens with one attached hydrogen (secondary N) is 2. The number of alkyl halides is 3. The molecule has 1 atom stereocenters. The van der Waals surface area contributed by atoms with E-state index in [0.717, 1.165) is 49.8 Å². The number of carbonyl (C=O) groups is 1. The van der Waals surface area contributed by atoms with Gasteiger partial charge in [-0.15, -0.1) is 0 Å². The molecule has 3 rings (SSSR count). The van der Waals surface area contributed by atoms with E-state index in [1.165, 1.54) is 12.1 Å². The standard InChI is InChI=1S/C23H33F3N6O/c1-17(21-16-28-30(3)18(21)2)29-22(33)27-9-4-5-10-31-11-13-32(14-12-31)20-8-6-7-19(15-20)23(24,25)26/h6-8,15-17H,4-5,9-14H2,1-3H3,(H2,27,29,33). The minimum atomic E-state index is -4.32. The van der Waals surface area contributed by atoms with E-state index in [-0.39, 0.29) is 12.1 Å². The van der Waals surface area contributed by atoms with Crippen LogP contribution in [0.1, 0.15) is 42.6 Å². The van der Waals surface area contributed by atoms with Crippen molar-refractivity contribution >= 4 is 11.7 Å². The predicted molar refractivity (Wildman–Crippen MR) is 122 cm³/mol. The number of carbonyl (C=O) groups excluding carboxylic acids is 1. The molecule has 0 spiro atoms. The van der Waals surface area contributed by atoms with Gasteiger partial charge in [0.15, 0.2) is 0 Å². The summed E-state index contributed by atoms with van der Waals surface area (Å²) in [6, 6.07) is 5.22. The highest BCUT2D eigenvalue weighted by Gasteiger charge is 2.31. The van der Waals surface area contributed by atoms with Gasteiger partial charge >= 0.3 is 12.2 Å². The fourth-order valence-corrected chi connectivity index (χ4v) is 4.04. The van der Waals surface area contributed by atoms with Crippen LogP contribution < -0.4 is 15.5 Å². The van der Waals surface area contributed by atoms with Crippen molar-refractivity contribution in [1.29, 1.82) is 0 Å². The Hall–Kier alpha value is -2.75. The van der Waals surface area contributed by atoms with Crippen molar-refractivity contribution in [2.45, 2.75) is 38.9 Å². The summed E-state index contributed by atoms with van der Waals surface area (Å²) in [7, 11) is 1.87. The summed E-state index contributed by atoms with van der Waals surface area (Å²) in [4.78, 5) is 16.5. The first kappa shape index (κ1) is 24.9. The van der Waals surface area contributed by atoms with Gasteiger partial charge in [-0.25, -0.2) is 4.79 Å². The van der Waals surface area contributed by atoms with Gasteiger partial charge in [-0.1, -0.05) is 6.07 Å². The number of halogens is 3. The number of hydrogen-bond donors (Lipinski definition) is 2. The number of piperazine rings is 1. The molecule has 1 aromatic carbocycles. The molecule has 182 valence electrons. The molecule has 2 amide bonds. The highest BCUT2D eigenvalue weighted by Crippen LogP contribution is 2.31. The number of nitrogens with zero attached hydrogens (tertiary/aromatic N) is 4. The Kier molecular flexibility index (Phi) is 8.23. The lowest BCUT2D eigenvalue weighted by atomic mass is 10.1. The second-order valence-electron chi connectivity index (χ2n) is 8.51. The Labute approximate surface area is 192 Å². The molecule has 10 heteroatoms. The summed E-state index contributed by atoms with van der Waals surface area (Å²) in [5.41, 5.74) is 2.03. The fraction of sp³-hybridized carbons (Fsp3) is 0.565. The van der Waals surface area contributed by atoms with Gasteiger partial charge in [0, 0.05) is 56.7 Å². The monoisotopic (exact) mass is 466 g/mol. The van der Waals surface area contributed by atoms with E-state index in [0.29, 0.717) is 25.3 Å². The zero-order valence-corrected chi connectivity index (χ0v) is 19.5. The van der Waals surface area contributed by atoms with Crippen LogP contribution in [-0.2, 0) is 13.2 Å². The van der Waals surface area contributed by atoms with E-state index in [4.69, 9.17) is 0 Å². The van der Waals surface area contributed by atoms with Crippen LogP contribution in [0.25, 0.3) is 0 Å². The Bertz CT molecular complexity index is 921. The topological polar surface area (TPSA) is 65.4 Å². The van der Waals surface area contributed by atoms with Crippen LogP contribution in [0, 0.1) is 6.92 Å². The van der Waals surface area contributed by atoms with Crippen molar-refractivity contribution in [3.8, 4) is 0 Å². The van der Waals surface area contributed by atoms with Gasteiger partial charge < -0.3 is 15.5 Å². The van der Waals surface area contributed by atoms with Gasteiger partial charge in [0.1, 0.15) is 0 Å². The second kappa shape index (κ2) is 10.9. The molecule has 1 fully saturated rings. The number of aryl methyl sites for hydroxylation is 1. The molecule has 0 bridgehead atoms. The number of amides is 2. The number of hydrogen-bond acceptors (Lipinski definition) is 4. The van der Waals surface area contributed by atoms with Crippen molar-refractivity contribution in [3.05, 3.63) is 47.3 Å². The highest BCUT2D eigenvalue weighted by molar-refractivity contribution is 5.74. The number of urea groups is 1. The quantitative estimate of drug-likeness (QED) is 0.583. The van der Waals surface area contributed by atoms with E-state index in [1.807, 2.05) is 25.8 Å². The number of benzene rings is 1. The van der Waals surface area contributed by atoms with E-state index >= 15 is 0 Å². The van der Waals surface area contributed by atoms with Crippen LogP contribution in [0.15, 0.2) is 30.5 Å². The van der Waals surface area contributed by atoms with E-state index < -0.39 is 11.7 Å². The minimum Gasteiger partial charge on any atom is -0.369 e. The fourth-order valence-electron chi connectivity index (χ4n) is 4.04. The molecule has 1 aliphatic heterocycles. The van der Waals surface area contributed by atoms with Gasteiger partial charge in [-0.2, -0.15) is 18.3 Å². The maximum Gasteiger partial charge on any atom is 0.416 e. The first-order valence-corrected chi connectivity index (χ1v) is 11.3. The summed E-state index contributed by atoms with van der Waals surface area (Å²) < 4.78 is 40.6. The highest BCUT2D eigenvalue weighted by atomic mass is 19.4. The molecular weight excluding hydrogens is 433 g/mol. The first-order chi connectivity index (χ1) is 15.6. The number of aromatic nitrogens is 2. The Morgan fingerprint density at radius 3 is 2.55 bits per heavy atom. The molecule has 1 aromatic heterocycles. The van der Waals surface area contributed by atoms with Crippen molar-refractivity contribution in [3.63, 3.8) is 0 Å². The van der Waals surface area contributed by atoms with Crippen molar-refractivity contribution < 1.29 is 18.0 Å². The molecule has 2 heterocycles. The molecule has 2 aromatic rings. The molecule has 0 saturated carbocycles. The van der Waals surface area contributed by atoms with Gasteiger partial charge in [0.05, 0.1) is 17.8 Å². The molecule has 33 heavy (non-hydrogen) atoms. The SMILES string of the molecule is Cc1c(C(C)NC(=O)NCCCCN2CCN(c3cccc(C(F)(F)F)c3)CC2)cnn1C. The van der Waals surface area contributed by atoms with Gasteiger partial charge in [-0.05, 0) is 51.4 Å². The summed E-state index contributed by atoms with van der Waals surface area (Å²) in [5, 5.41) is 10.0. The average Bonchev–Trinajstić information content (AvgIpc) is 3.12. The third kappa shape index (κ3) is 6.86. The number of unbranched alkanes of at least 4 members (excludes halogenated alkanes) is 1. The van der Waals surface area contributed by atoms with Crippen molar-refractivity contribution in [2.75, 3.05) is 44.2 Å². The number of rotatable bonds is 8. The zero-order valence-electron chi connectivity index (χ0n) is 19.5. The second-order valence-corrected chi connectivity index (χ2v) is 8.51. The maximum atomic E-state index is 12.9. The molecule has 1 aliphatic rings. The third-order valence-corrected chi connectivity index (χ3v) is 6.18. The van der Waals surface area contributed by atoms with Gasteiger partial charge in [0.25, 0.3) is 0 Å². The summed E-state index contributed by atoms with van der Waals surface area (Å²) in [5.74, 6) is 0.